The fourth-order valence-electron chi connectivity index (χ4n) is 3.07. The van der Waals surface area contributed by atoms with Crippen molar-refractivity contribution in [3.63, 3.8) is 0 Å². The van der Waals surface area contributed by atoms with Crippen LogP contribution in [0.15, 0.2) is 24.7 Å². The standard InChI is InChI=1S/C17H22N6O/c1-12-21-14(10-16(18-2)22-12)9-13-3-7-23(8-4-13)17(24)15-11-19-5-6-20-15/h5-6,10-11,13H,3-4,7-9H2,1-2H3,(H,18,21,22). The van der Waals surface area contributed by atoms with Crippen molar-refractivity contribution in [3.05, 3.63) is 41.9 Å². The Labute approximate surface area is 141 Å². The van der Waals surface area contributed by atoms with Crippen LogP contribution in [0.25, 0.3) is 0 Å². The lowest BCUT2D eigenvalue weighted by molar-refractivity contribution is 0.0684. The highest BCUT2D eigenvalue weighted by Crippen LogP contribution is 2.22. The number of carbonyl (C=O) groups is 1. The maximum Gasteiger partial charge on any atom is 0.274 e. The maximum atomic E-state index is 12.4. The largest absolute Gasteiger partial charge is 0.373 e. The van der Waals surface area contributed by atoms with Crippen molar-refractivity contribution < 1.29 is 4.79 Å². The minimum absolute atomic E-state index is 0.0306. The Morgan fingerprint density at radius 1 is 1.29 bits per heavy atom. The third-order valence-corrected chi connectivity index (χ3v) is 4.33. The van der Waals surface area contributed by atoms with Crippen LogP contribution < -0.4 is 5.32 Å². The van der Waals surface area contributed by atoms with Crippen molar-refractivity contribution in [3.8, 4) is 0 Å². The third kappa shape index (κ3) is 3.84. The molecule has 0 atom stereocenters. The minimum Gasteiger partial charge on any atom is -0.373 e. The molecule has 0 spiro atoms. The van der Waals surface area contributed by atoms with Gasteiger partial charge in [-0.05, 0) is 32.1 Å². The third-order valence-electron chi connectivity index (χ3n) is 4.33. The minimum atomic E-state index is -0.0306. The molecule has 1 amide bonds. The molecule has 0 aromatic carbocycles. The van der Waals surface area contributed by atoms with Crippen LogP contribution in [0.3, 0.4) is 0 Å². The molecule has 126 valence electrons. The molecule has 7 nitrogen and oxygen atoms in total. The van der Waals surface area contributed by atoms with E-state index >= 15 is 0 Å². The first-order valence-electron chi connectivity index (χ1n) is 8.23. The maximum absolute atomic E-state index is 12.4. The molecule has 0 saturated carbocycles. The molecule has 3 heterocycles. The van der Waals surface area contributed by atoms with Crippen LogP contribution in [0.1, 0.15) is 34.8 Å². The molecule has 2 aromatic rings. The van der Waals surface area contributed by atoms with Gasteiger partial charge in [0.2, 0.25) is 0 Å². The first kappa shape index (κ1) is 16.3. The van der Waals surface area contributed by atoms with Gasteiger partial charge in [-0.15, -0.1) is 0 Å². The van der Waals surface area contributed by atoms with Crippen molar-refractivity contribution in [2.75, 3.05) is 25.5 Å². The van der Waals surface area contributed by atoms with Gasteiger partial charge in [0.25, 0.3) is 5.91 Å². The first-order chi connectivity index (χ1) is 11.7. The van der Waals surface area contributed by atoms with Gasteiger partial charge in [0.1, 0.15) is 17.3 Å². The average Bonchev–Trinajstić information content (AvgIpc) is 2.62. The summed E-state index contributed by atoms with van der Waals surface area (Å²) < 4.78 is 0. The quantitative estimate of drug-likeness (QED) is 0.921. The number of nitrogens with one attached hydrogen (secondary N) is 1. The molecule has 0 unspecified atom stereocenters. The lowest BCUT2D eigenvalue weighted by Gasteiger charge is -2.31. The number of nitrogens with zero attached hydrogens (tertiary/aromatic N) is 5. The summed E-state index contributed by atoms with van der Waals surface area (Å²) in [4.78, 5) is 31.2. The zero-order chi connectivity index (χ0) is 16.9. The van der Waals surface area contributed by atoms with E-state index in [0.717, 1.165) is 49.7 Å². The Hall–Kier alpha value is -2.57. The van der Waals surface area contributed by atoms with Gasteiger partial charge in [0.05, 0.1) is 6.20 Å². The fourth-order valence-corrected chi connectivity index (χ4v) is 3.07. The molecule has 3 rings (SSSR count). The van der Waals surface area contributed by atoms with Crippen LogP contribution in [0.5, 0.6) is 0 Å². The lowest BCUT2D eigenvalue weighted by Crippen LogP contribution is -2.39. The van der Waals surface area contributed by atoms with Gasteiger partial charge in [-0.25, -0.2) is 15.0 Å². The predicted molar refractivity (Wildman–Crippen MR) is 90.7 cm³/mol. The van der Waals surface area contributed by atoms with Crippen molar-refractivity contribution in [2.45, 2.75) is 26.2 Å². The van der Waals surface area contributed by atoms with Crippen molar-refractivity contribution >= 4 is 11.7 Å². The molecule has 1 fully saturated rings. The van der Waals surface area contributed by atoms with E-state index in [1.807, 2.05) is 24.9 Å². The smallest absolute Gasteiger partial charge is 0.274 e. The van der Waals surface area contributed by atoms with Gasteiger partial charge < -0.3 is 10.2 Å². The highest BCUT2D eigenvalue weighted by atomic mass is 16.2. The molecule has 7 heteroatoms. The monoisotopic (exact) mass is 326 g/mol. The van der Waals surface area contributed by atoms with Crippen LogP contribution in [0.2, 0.25) is 0 Å². The van der Waals surface area contributed by atoms with Crippen LogP contribution in [-0.2, 0) is 6.42 Å². The molecular formula is C17H22N6O. The zero-order valence-electron chi connectivity index (χ0n) is 14.1. The number of aromatic nitrogens is 4. The van der Waals surface area contributed by atoms with E-state index in [1.54, 1.807) is 12.4 Å². The predicted octanol–water partition coefficient (Wildman–Crippen LogP) is 1.71. The van der Waals surface area contributed by atoms with Gasteiger partial charge in [-0.1, -0.05) is 0 Å². The number of piperidine rings is 1. The molecule has 1 aliphatic rings. The van der Waals surface area contributed by atoms with E-state index in [-0.39, 0.29) is 5.91 Å². The Morgan fingerprint density at radius 2 is 2.08 bits per heavy atom. The number of hydrogen-bond donors (Lipinski definition) is 1. The summed E-state index contributed by atoms with van der Waals surface area (Å²) in [6.45, 7) is 3.42. The number of aryl methyl sites for hydroxylation is 1. The van der Waals surface area contributed by atoms with Crippen LogP contribution in [0.4, 0.5) is 5.82 Å². The molecule has 0 radical (unpaired) electrons. The molecule has 1 N–H and O–H groups in total. The van der Waals surface area contributed by atoms with Crippen molar-refractivity contribution in [1.82, 2.24) is 24.8 Å². The van der Waals surface area contributed by atoms with E-state index in [9.17, 15) is 4.79 Å². The van der Waals surface area contributed by atoms with Crippen LogP contribution in [-0.4, -0.2) is 50.9 Å². The summed E-state index contributed by atoms with van der Waals surface area (Å²) in [7, 11) is 1.86. The van der Waals surface area contributed by atoms with Gasteiger partial charge in [0.15, 0.2) is 0 Å². The summed E-state index contributed by atoms with van der Waals surface area (Å²) in [6, 6.07) is 2.00. The highest BCUT2D eigenvalue weighted by molar-refractivity contribution is 5.92. The van der Waals surface area contributed by atoms with Crippen molar-refractivity contribution in [2.24, 2.45) is 5.92 Å². The Balaban J connectivity index is 1.57. The Morgan fingerprint density at radius 3 is 2.75 bits per heavy atom. The van der Waals surface area contributed by atoms with Gasteiger partial charge >= 0.3 is 0 Å². The molecule has 0 bridgehead atoms. The molecule has 1 saturated heterocycles. The Bertz CT molecular complexity index is 697. The highest BCUT2D eigenvalue weighted by Gasteiger charge is 2.25. The summed E-state index contributed by atoms with van der Waals surface area (Å²) >= 11 is 0. The molecule has 2 aromatic heterocycles. The van der Waals surface area contributed by atoms with Gasteiger partial charge in [-0.3, -0.25) is 9.78 Å². The summed E-state index contributed by atoms with van der Waals surface area (Å²) in [6.07, 6.45) is 7.53. The number of rotatable bonds is 4. The van der Waals surface area contributed by atoms with Crippen molar-refractivity contribution in [1.29, 1.82) is 0 Å². The molecule has 0 aliphatic carbocycles. The topological polar surface area (TPSA) is 83.9 Å². The Kier molecular flexibility index (Phi) is 4.98. The molecule has 24 heavy (non-hydrogen) atoms. The summed E-state index contributed by atoms with van der Waals surface area (Å²) in [5, 5.41) is 3.07. The fraction of sp³-hybridized carbons (Fsp3) is 0.471. The number of hydrogen-bond acceptors (Lipinski definition) is 6. The van der Waals surface area contributed by atoms with Crippen LogP contribution >= 0.6 is 0 Å². The van der Waals surface area contributed by atoms with E-state index in [0.29, 0.717) is 11.6 Å². The second-order valence-corrected chi connectivity index (χ2v) is 6.07. The van der Waals surface area contributed by atoms with Gasteiger partial charge in [-0.2, -0.15) is 0 Å². The SMILES string of the molecule is CNc1cc(CC2CCN(C(=O)c3cnccn3)CC2)nc(C)n1. The summed E-state index contributed by atoms with van der Waals surface area (Å²) in [5.41, 5.74) is 1.48. The number of carbonyl (C=O) groups excluding carboxylic acids is 1. The van der Waals surface area contributed by atoms with E-state index in [2.05, 4.69) is 25.3 Å². The van der Waals surface area contributed by atoms with E-state index in [4.69, 9.17) is 0 Å². The zero-order valence-corrected chi connectivity index (χ0v) is 14.1. The number of amides is 1. The average molecular weight is 326 g/mol. The van der Waals surface area contributed by atoms with Crippen LogP contribution in [0, 0.1) is 12.8 Å². The van der Waals surface area contributed by atoms with Gasteiger partial charge in [0, 0.05) is 44.3 Å². The second kappa shape index (κ2) is 7.33. The second-order valence-electron chi connectivity index (χ2n) is 6.07. The van der Waals surface area contributed by atoms with E-state index < -0.39 is 0 Å². The van der Waals surface area contributed by atoms with E-state index in [1.165, 1.54) is 6.20 Å². The number of likely N-dealkylation sites (tertiary alicyclic amines) is 1. The summed E-state index contributed by atoms with van der Waals surface area (Å²) in [5.74, 6) is 2.15. The number of anilines is 1. The lowest BCUT2D eigenvalue weighted by atomic mass is 9.92. The molecule has 1 aliphatic heterocycles. The first-order valence-corrected chi connectivity index (χ1v) is 8.23. The molecular weight excluding hydrogens is 304 g/mol. The normalized spacial score (nSPS) is 15.3.